The molecule has 196 valence electrons. The van der Waals surface area contributed by atoms with E-state index in [0.717, 1.165) is 58.3 Å². The number of hydrogen-bond acceptors (Lipinski definition) is 6. The number of nitrogens with one attached hydrogen (secondary N) is 1. The average molecular weight is 539 g/mol. The van der Waals surface area contributed by atoms with Crippen LogP contribution in [0.3, 0.4) is 0 Å². The summed E-state index contributed by atoms with van der Waals surface area (Å²) < 4.78 is 7.50. The van der Waals surface area contributed by atoms with E-state index in [-0.39, 0.29) is 11.6 Å². The van der Waals surface area contributed by atoms with Gasteiger partial charge in [-0.05, 0) is 55.0 Å². The van der Waals surface area contributed by atoms with Crippen LogP contribution in [0.25, 0.3) is 10.9 Å². The second-order valence-corrected chi connectivity index (χ2v) is 10.6. The van der Waals surface area contributed by atoms with Gasteiger partial charge in [-0.3, -0.25) is 14.9 Å². The molecule has 8 nitrogen and oxygen atoms in total. The summed E-state index contributed by atoms with van der Waals surface area (Å²) in [7, 11) is 0. The van der Waals surface area contributed by atoms with Crippen molar-refractivity contribution in [3.63, 3.8) is 0 Å². The molecule has 1 aliphatic carbocycles. The van der Waals surface area contributed by atoms with Crippen LogP contribution >= 0.6 is 11.3 Å². The topological polar surface area (TPSA) is 103 Å². The molecule has 0 bridgehead atoms. The summed E-state index contributed by atoms with van der Waals surface area (Å²) in [6.07, 6.45) is 9.54. The average Bonchev–Trinajstić information content (AvgIpc) is 3.69. The molecule has 1 N–H and O–H groups in total. The van der Waals surface area contributed by atoms with Crippen molar-refractivity contribution < 1.29 is 14.1 Å². The van der Waals surface area contributed by atoms with Crippen LogP contribution in [-0.4, -0.2) is 21.6 Å². The number of aromatic nitrogens is 1. The Hall–Kier alpha value is -4.50. The smallest absolute Gasteiger partial charge is 0.269 e. The minimum Gasteiger partial charge on any atom is -0.467 e. The normalized spacial score (nSPS) is 13.1. The van der Waals surface area contributed by atoms with E-state index in [4.69, 9.17) is 9.41 Å². The second-order valence-electron chi connectivity index (χ2n) is 9.56. The molecule has 1 aliphatic rings. The predicted molar refractivity (Wildman–Crippen MR) is 152 cm³/mol. The summed E-state index contributed by atoms with van der Waals surface area (Å²) in [5.74, 6) is 0.580. The van der Waals surface area contributed by atoms with Crippen molar-refractivity contribution in [1.29, 1.82) is 0 Å². The number of benzene rings is 2. The van der Waals surface area contributed by atoms with Crippen molar-refractivity contribution in [2.75, 3.05) is 0 Å². The van der Waals surface area contributed by atoms with Crippen molar-refractivity contribution in [1.82, 2.24) is 9.88 Å². The van der Waals surface area contributed by atoms with Gasteiger partial charge in [0.15, 0.2) is 0 Å². The van der Waals surface area contributed by atoms with Gasteiger partial charge in [-0.25, -0.2) is 4.99 Å². The largest absolute Gasteiger partial charge is 0.467 e. The number of non-ortho nitro benzene ring substituents is 1. The molecule has 0 spiro atoms. The van der Waals surface area contributed by atoms with Gasteiger partial charge in [0.1, 0.15) is 10.8 Å². The number of furan rings is 1. The van der Waals surface area contributed by atoms with Crippen molar-refractivity contribution in [3.05, 3.63) is 116 Å². The van der Waals surface area contributed by atoms with Gasteiger partial charge in [-0.15, -0.1) is 11.3 Å². The summed E-state index contributed by atoms with van der Waals surface area (Å²) in [6, 6.07) is 18.4. The monoisotopic (exact) mass is 538 g/mol. The van der Waals surface area contributed by atoms with Crippen molar-refractivity contribution >= 4 is 45.0 Å². The highest BCUT2D eigenvalue weighted by atomic mass is 32.1. The van der Waals surface area contributed by atoms with Gasteiger partial charge in [0.05, 0.1) is 23.3 Å². The molecule has 0 saturated carbocycles. The first kappa shape index (κ1) is 24.8. The van der Waals surface area contributed by atoms with Crippen LogP contribution in [0.4, 0.5) is 10.7 Å². The zero-order valence-electron chi connectivity index (χ0n) is 21.1. The lowest BCUT2D eigenvalue weighted by atomic mass is 9.95. The number of para-hydroxylation sites is 1. The molecule has 9 heteroatoms. The molecule has 0 radical (unpaired) electrons. The number of nitro benzene ring substituents is 1. The van der Waals surface area contributed by atoms with E-state index < -0.39 is 4.92 Å². The summed E-state index contributed by atoms with van der Waals surface area (Å²) in [5, 5.41) is 15.8. The molecular formula is C30H26N4O4S. The highest BCUT2D eigenvalue weighted by Crippen LogP contribution is 2.40. The summed E-state index contributed by atoms with van der Waals surface area (Å²) in [4.78, 5) is 30.1. The summed E-state index contributed by atoms with van der Waals surface area (Å²) >= 11 is 1.61. The third-order valence-corrected chi connectivity index (χ3v) is 8.22. The number of thiophene rings is 1. The fraction of sp³-hybridized carbons (Fsp3) is 0.200. The van der Waals surface area contributed by atoms with Crippen LogP contribution < -0.4 is 5.32 Å². The van der Waals surface area contributed by atoms with Gasteiger partial charge in [0, 0.05) is 52.4 Å². The fourth-order valence-corrected chi connectivity index (χ4v) is 6.33. The Balaban J connectivity index is 1.31. The minimum atomic E-state index is -0.392. The number of rotatable bonds is 8. The van der Waals surface area contributed by atoms with Gasteiger partial charge in [-0.1, -0.05) is 30.3 Å². The lowest BCUT2D eigenvalue weighted by molar-refractivity contribution is -0.384. The third kappa shape index (κ3) is 5.13. The zero-order chi connectivity index (χ0) is 26.8. The van der Waals surface area contributed by atoms with Gasteiger partial charge in [-0.2, -0.15) is 0 Å². The Labute approximate surface area is 228 Å². The molecule has 0 unspecified atom stereocenters. The molecule has 2 aromatic carbocycles. The van der Waals surface area contributed by atoms with E-state index in [2.05, 4.69) is 22.0 Å². The lowest BCUT2D eigenvalue weighted by Crippen LogP contribution is -2.23. The van der Waals surface area contributed by atoms with Crippen molar-refractivity contribution in [2.45, 2.75) is 38.8 Å². The maximum Gasteiger partial charge on any atom is 0.269 e. The number of aliphatic imine (C=N–C) groups is 1. The van der Waals surface area contributed by atoms with E-state index >= 15 is 0 Å². The molecule has 3 aromatic heterocycles. The first-order valence-electron chi connectivity index (χ1n) is 12.9. The number of fused-ring (bicyclic) bond motifs is 2. The van der Waals surface area contributed by atoms with Crippen molar-refractivity contribution in [2.24, 2.45) is 4.99 Å². The number of nitro groups is 1. The Morgan fingerprint density at radius 2 is 1.92 bits per heavy atom. The summed E-state index contributed by atoms with van der Waals surface area (Å²) in [5.41, 5.74) is 4.82. The van der Waals surface area contributed by atoms with E-state index in [9.17, 15) is 14.9 Å². The maximum atomic E-state index is 13.3. The number of aryl methyl sites for hydroxylation is 1. The second kappa shape index (κ2) is 10.7. The van der Waals surface area contributed by atoms with Crippen LogP contribution in [0.15, 0.2) is 82.5 Å². The number of amides is 1. The molecule has 0 aliphatic heterocycles. The maximum absolute atomic E-state index is 13.3. The lowest BCUT2D eigenvalue weighted by Gasteiger charge is -2.12. The number of carbonyl (C=O) groups is 1. The van der Waals surface area contributed by atoms with Gasteiger partial charge in [0.25, 0.3) is 11.6 Å². The molecule has 0 fully saturated rings. The highest BCUT2D eigenvalue weighted by molar-refractivity contribution is 7.16. The van der Waals surface area contributed by atoms with Crippen LogP contribution in [0.5, 0.6) is 0 Å². The van der Waals surface area contributed by atoms with E-state index in [1.54, 1.807) is 29.7 Å². The van der Waals surface area contributed by atoms with E-state index in [0.29, 0.717) is 24.4 Å². The molecule has 0 atom stereocenters. The van der Waals surface area contributed by atoms with Crippen molar-refractivity contribution in [3.8, 4) is 0 Å². The van der Waals surface area contributed by atoms with Gasteiger partial charge >= 0.3 is 0 Å². The van der Waals surface area contributed by atoms with E-state index in [1.807, 2.05) is 36.7 Å². The quantitative estimate of drug-likeness (QED) is 0.133. The molecule has 3 heterocycles. The molecule has 6 rings (SSSR count). The van der Waals surface area contributed by atoms with Crippen LogP contribution in [-0.2, 0) is 25.9 Å². The summed E-state index contributed by atoms with van der Waals surface area (Å²) in [6.45, 7) is 0.899. The predicted octanol–water partition coefficient (Wildman–Crippen LogP) is 6.81. The SMILES string of the molecule is O=C(NCc1ccco1)c1c(N=Cc2cn(Cc3ccc([N+](=O)[O-])cc3)c3ccccc23)sc2c1CCCC2. The van der Waals surface area contributed by atoms with E-state index in [1.165, 1.54) is 17.0 Å². The first-order valence-corrected chi connectivity index (χ1v) is 13.7. The number of carbonyl (C=O) groups excluding carboxylic acids is 1. The Morgan fingerprint density at radius 3 is 2.72 bits per heavy atom. The Kier molecular flexibility index (Phi) is 6.81. The Bertz CT molecular complexity index is 1680. The number of hydrogen-bond donors (Lipinski definition) is 1. The van der Waals surface area contributed by atoms with Gasteiger partial charge in [0.2, 0.25) is 0 Å². The minimum absolute atomic E-state index is 0.0755. The first-order chi connectivity index (χ1) is 19.1. The third-order valence-electron chi connectivity index (χ3n) is 7.02. The molecule has 0 saturated heterocycles. The van der Waals surface area contributed by atoms with Crippen LogP contribution in [0, 0.1) is 10.1 Å². The van der Waals surface area contributed by atoms with Crippen LogP contribution in [0.2, 0.25) is 0 Å². The standard InChI is InChI=1S/C30H26N4O4S/c35-29(31-17-23-6-5-15-38-23)28-25-8-2-4-10-27(25)39-30(28)32-16-21-19-33(26-9-3-1-7-24(21)26)18-20-11-13-22(14-12-20)34(36)37/h1,3,5-7,9,11-16,19H,2,4,8,10,17-18H2,(H,31,35). The molecular weight excluding hydrogens is 512 g/mol. The fourth-order valence-electron chi connectivity index (χ4n) is 5.10. The van der Waals surface area contributed by atoms with Gasteiger partial charge < -0.3 is 14.3 Å². The molecule has 39 heavy (non-hydrogen) atoms. The Morgan fingerprint density at radius 1 is 1.10 bits per heavy atom. The molecule has 1 amide bonds. The zero-order valence-corrected chi connectivity index (χ0v) is 21.9. The highest BCUT2D eigenvalue weighted by Gasteiger charge is 2.25. The number of nitrogens with zero attached hydrogens (tertiary/aromatic N) is 3. The van der Waals surface area contributed by atoms with Crippen LogP contribution in [0.1, 0.15) is 50.5 Å². The molecule has 5 aromatic rings.